The summed E-state index contributed by atoms with van der Waals surface area (Å²) >= 11 is 0. The van der Waals surface area contributed by atoms with Gasteiger partial charge in [-0.15, -0.1) is 0 Å². The lowest BCUT2D eigenvalue weighted by atomic mass is 10.2. The summed E-state index contributed by atoms with van der Waals surface area (Å²) < 4.78 is 5.45. The highest BCUT2D eigenvalue weighted by Gasteiger charge is 2.11. The van der Waals surface area contributed by atoms with Crippen LogP contribution in [-0.2, 0) is 6.54 Å². The molecule has 16 heavy (non-hydrogen) atoms. The van der Waals surface area contributed by atoms with Gasteiger partial charge in [-0.3, -0.25) is 5.21 Å². The third-order valence-corrected chi connectivity index (χ3v) is 2.23. The van der Waals surface area contributed by atoms with E-state index in [9.17, 15) is 10.0 Å². The molecule has 84 valence electrons. The number of hydrogen-bond donors (Lipinski definition) is 2. The first-order chi connectivity index (χ1) is 7.70. The van der Waals surface area contributed by atoms with E-state index in [4.69, 9.17) is 4.42 Å². The second-order valence-electron chi connectivity index (χ2n) is 3.36. The predicted octanol–water partition coefficient (Wildman–Crippen LogP) is 1.96. The van der Waals surface area contributed by atoms with Crippen LogP contribution in [0, 0.1) is 0 Å². The van der Waals surface area contributed by atoms with Crippen LogP contribution in [0.25, 0.3) is 11.0 Å². The van der Waals surface area contributed by atoms with Crippen LogP contribution in [0.2, 0.25) is 0 Å². The van der Waals surface area contributed by atoms with Gasteiger partial charge >= 0.3 is 6.03 Å². The molecule has 0 unspecified atom stereocenters. The van der Waals surface area contributed by atoms with Crippen LogP contribution in [0.3, 0.4) is 0 Å². The van der Waals surface area contributed by atoms with Gasteiger partial charge in [0.2, 0.25) is 0 Å². The number of para-hydroxylation sites is 1. The first-order valence-corrected chi connectivity index (χ1v) is 4.86. The molecule has 2 rings (SSSR count). The Kier molecular flexibility index (Phi) is 2.78. The molecular formula is C11H12N2O3. The average Bonchev–Trinajstić information content (AvgIpc) is 2.69. The van der Waals surface area contributed by atoms with Crippen LogP contribution in [0.5, 0.6) is 0 Å². The fourth-order valence-corrected chi connectivity index (χ4v) is 1.46. The topological polar surface area (TPSA) is 65.7 Å². The Balaban J connectivity index is 2.18. The minimum atomic E-state index is -0.569. The van der Waals surface area contributed by atoms with Gasteiger partial charge in [0.25, 0.3) is 0 Å². The maximum Gasteiger partial charge on any atom is 0.341 e. The summed E-state index contributed by atoms with van der Waals surface area (Å²) in [5, 5.41) is 13.2. The van der Waals surface area contributed by atoms with E-state index in [1.165, 1.54) is 7.05 Å². The Morgan fingerprint density at radius 1 is 1.50 bits per heavy atom. The molecule has 1 heterocycles. The van der Waals surface area contributed by atoms with E-state index in [1.54, 1.807) is 6.07 Å². The van der Waals surface area contributed by atoms with Crippen LogP contribution in [0.4, 0.5) is 4.79 Å². The van der Waals surface area contributed by atoms with Crippen LogP contribution in [0.15, 0.2) is 34.7 Å². The van der Waals surface area contributed by atoms with Crippen molar-refractivity contribution in [3.8, 4) is 0 Å². The molecule has 2 aromatic rings. The number of rotatable bonds is 2. The van der Waals surface area contributed by atoms with Gasteiger partial charge in [-0.2, -0.15) is 5.06 Å². The Labute approximate surface area is 92.2 Å². The molecule has 5 heteroatoms. The fraction of sp³-hybridized carbons (Fsp3) is 0.182. The molecule has 0 saturated carbocycles. The first-order valence-electron chi connectivity index (χ1n) is 4.86. The molecule has 1 aromatic carbocycles. The number of hydrogen-bond acceptors (Lipinski definition) is 3. The quantitative estimate of drug-likeness (QED) is 0.600. The van der Waals surface area contributed by atoms with Crippen LogP contribution < -0.4 is 5.32 Å². The van der Waals surface area contributed by atoms with Gasteiger partial charge in [-0.05, 0) is 12.1 Å². The largest absolute Gasteiger partial charge is 0.459 e. The number of benzene rings is 1. The molecular weight excluding hydrogens is 208 g/mol. The maximum absolute atomic E-state index is 11.1. The van der Waals surface area contributed by atoms with Gasteiger partial charge in [-0.1, -0.05) is 18.2 Å². The summed E-state index contributed by atoms with van der Waals surface area (Å²) in [5.74, 6) is 0.535. The zero-order valence-corrected chi connectivity index (χ0v) is 8.80. The summed E-state index contributed by atoms with van der Waals surface area (Å²) in [4.78, 5) is 11.1. The Hall–Kier alpha value is -2.01. The number of nitrogens with one attached hydrogen (secondary N) is 1. The Morgan fingerprint density at radius 2 is 2.25 bits per heavy atom. The summed E-state index contributed by atoms with van der Waals surface area (Å²) in [6.45, 7) is 0.0222. The van der Waals surface area contributed by atoms with E-state index in [-0.39, 0.29) is 6.54 Å². The molecule has 0 aliphatic carbocycles. The normalized spacial score (nSPS) is 10.4. The molecule has 5 nitrogen and oxygen atoms in total. The van der Waals surface area contributed by atoms with E-state index < -0.39 is 6.03 Å². The number of amides is 2. The molecule has 2 amide bonds. The lowest BCUT2D eigenvalue weighted by molar-refractivity contribution is -0.0540. The summed E-state index contributed by atoms with van der Waals surface area (Å²) in [5.41, 5.74) is 0.739. The number of carbonyl (C=O) groups is 1. The minimum Gasteiger partial charge on any atom is -0.459 e. The van der Waals surface area contributed by atoms with Gasteiger partial charge < -0.3 is 9.73 Å². The van der Waals surface area contributed by atoms with Crippen LogP contribution in [-0.4, -0.2) is 23.3 Å². The lowest BCUT2D eigenvalue weighted by Gasteiger charge is -2.11. The Morgan fingerprint density at radius 3 is 2.94 bits per heavy atom. The van der Waals surface area contributed by atoms with Crippen molar-refractivity contribution >= 4 is 17.0 Å². The number of nitrogens with zero attached hydrogens (tertiary/aromatic N) is 1. The number of furan rings is 1. The summed E-state index contributed by atoms with van der Waals surface area (Å²) in [6, 6.07) is 8.73. The first kappa shape index (κ1) is 10.5. The van der Waals surface area contributed by atoms with Crippen molar-refractivity contribution in [3.05, 3.63) is 36.1 Å². The minimum absolute atomic E-state index is 0.0222. The molecule has 2 N–H and O–H groups in total. The average molecular weight is 220 g/mol. The highest BCUT2D eigenvalue weighted by atomic mass is 16.5. The summed E-state index contributed by atoms with van der Waals surface area (Å²) in [6.07, 6.45) is 0. The van der Waals surface area contributed by atoms with Crippen molar-refractivity contribution in [2.75, 3.05) is 7.05 Å². The zero-order chi connectivity index (χ0) is 11.5. The molecule has 0 aliphatic heterocycles. The van der Waals surface area contributed by atoms with E-state index in [0.29, 0.717) is 10.8 Å². The highest BCUT2D eigenvalue weighted by molar-refractivity contribution is 5.78. The molecule has 0 aliphatic rings. The molecule has 0 spiro atoms. The smallest absolute Gasteiger partial charge is 0.341 e. The number of hydroxylamine groups is 2. The molecule has 0 radical (unpaired) electrons. The van der Waals surface area contributed by atoms with E-state index in [2.05, 4.69) is 5.32 Å². The third kappa shape index (κ3) is 1.99. The molecule has 0 bridgehead atoms. The second-order valence-corrected chi connectivity index (χ2v) is 3.36. The van der Waals surface area contributed by atoms with Gasteiger partial charge in [-0.25, -0.2) is 4.79 Å². The van der Waals surface area contributed by atoms with Crippen molar-refractivity contribution in [2.24, 2.45) is 0 Å². The predicted molar refractivity (Wildman–Crippen MR) is 58.0 cm³/mol. The number of urea groups is 1. The van der Waals surface area contributed by atoms with Gasteiger partial charge in [0.15, 0.2) is 0 Å². The van der Waals surface area contributed by atoms with Crippen molar-refractivity contribution in [3.63, 3.8) is 0 Å². The standard InChI is InChI=1S/C11H12N2O3/c1-12-11(14)13(15)7-9-6-8-4-2-3-5-10(8)16-9/h2-6,15H,7H2,1H3,(H,12,14). The van der Waals surface area contributed by atoms with Crippen molar-refractivity contribution < 1.29 is 14.4 Å². The zero-order valence-electron chi connectivity index (χ0n) is 8.80. The van der Waals surface area contributed by atoms with Crippen LogP contribution >= 0.6 is 0 Å². The monoisotopic (exact) mass is 220 g/mol. The van der Waals surface area contributed by atoms with Gasteiger partial charge in [0, 0.05) is 12.4 Å². The maximum atomic E-state index is 11.1. The molecule has 1 aromatic heterocycles. The lowest BCUT2D eigenvalue weighted by Crippen LogP contribution is -2.34. The highest BCUT2D eigenvalue weighted by Crippen LogP contribution is 2.19. The van der Waals surface area contributed by atoms with Crippen molar-refractivity contribution in [1.29, 1.82) is 0 Å². The van der Waals surface area contributed by atoms with Crippen molar-refractivity contribution in [2.45, 2.75) is 6.54 Å². The van der Waals surface area contributed by atoms with Crippen molar-refractivity contribution in [1.82, 2.24) is 10.4 Å². The second kappa shape index (κ2) is 4.24. The number of carbonyl (C=O) groups excluding carboxylic acids is 1. The third-order valence-electron chi connectivity index (χ3n) is 2.23. The summed E-state index contributed by atoms with van der Waals surface area (Å²) in [7, 11) is 1.45. The van der Waals surface area contributed by atoms with E-state index >= 15 is 0 Å². The number of fused-ring (bicyclic) bond motifs is 1. The fourth-order valence-electron chi connectivity index (χ4n) is 1.46. The van der Waals surface area contributed by atoms with Crippen LogP contribution in [0.1, 0.15) is 5.76 Å². The Bertz CT molecular complexity index is 474. The van der Waals surface area contributed by atoms with Gasteiger partial charge in [0.1, 0.15) is 17.9 Å². The SMILES string of the molecule is CNC(=O)N(O)Cc1cc2ccccc2o1. The van der Waals surface area contributed by atoms with E-state index in [0.717, 1.165) is 11.0 Å². The van der Waals surface area contributed by atoms with E-state index in [1.807, 2.05) is 24.3 Å². The van der Waals surface area contributed by atoms with Gasteiger partial charge in [0.05, 0.1) is 0 Å². The molecule has 0 atom stereocenters. The molecule has 0 saturated heterocycles. The molecule has 0 fully saturated rings.